The third-order valence-electron chi connectivity index (χ3n) is 15.3. The zero-order valence-electron chi connectivity index (χ0n) is 27.1. The Morgan fingerprint density at radius 2 is 1.13 bits per heavy atom. The first-order valence-corrected chi connectivity index (χ1v) is 17.8. The number of piperidine rings is 2. The number of likely N-dealkylation sites (N-methyl/N-ethyl adjacent to an activating group) is 2. The van der Waals surface area contributed by atoms with E-state index in [1.165, 1.54) is 48.5 Å². The van der Waals surface area contributed by atoms with Gasteiger partial charge >= 0.3 is 0 Å². The Hall–Kier alpha value is -3.16. The molecular weight excluding hydrogens is 568 g/mol. The van der Waals surface area contributed by atoms with Crippen LogP contribution in [0.4, 0.5) is 11.4 Å². The summed E-state index contributed by atoms with van der Waals surface area (Å²) in [6.45, 7) is 4.70. The molecule has 9 aliphatic rings. The summed E-state index contributed by atoms with van der Waals surface area (Å²) in [6, 6.07) is 20.5. The topological polar surface area (TPSA) is 46.9 Å². The van der Waals surface area contributed by atoms with Crippen molar-refractivity contribution in [3.63, 3.8) is 0 Å². The van der Waals surface area contributed by atoms with Gasteiger partial charge in [0.25, 0.3) is 0 Å². The SMILES string of the molecule is C[N+]12CC[C@@]34c5ccccc5N5/C=C6/[C@@H]7C[C@H]8[C@]9(CC[N+]8(C)C/C7=C\CO)c7ccccc7N(/C=C(/[C@H](C[C@@H]31)/C(=C/CO)C2)[C@H]54)[C@@H]69. The Labute approximate surface area is 272 Å². The number of fused-ring (bicyclic) bond motifs is 8. The van der Waals surface area contributed by atoms with Crippen LogP contribution in [0.15, 0.2) is 95.4 Å². The minimum absolute atomic E-state index is 0.0790. The molecule has 0 radical (unpaired) electrons. The van der Waals surface area contributed by atoms with Gasteiger partial charge in [0.05, 0.1) is 63.3 Å². The molecule has 4 bridgehead atoms. The van der Waals surface area contributed by atoms with E-state index in [-0.39, 0.29) is 36.1 Å². The lowest BCUT2D eigenvalue weighted by atomic mass is 9.56. The van der Waals surface area contributed by atoms with Crippen LogP contribution in [0, 0.1) is 11.8 Å². The van der Waals surface area contributed by atoms with Crippen LogP contribution in [0.25, 0.3) is 0 Å². The van der Waals surface area contributed by atoms with E-state index in [4.69, 9.17) is 0 Å². The molecule has 236 valence electrons. The van der Waals surface area contributed by atoms with Crippen LogP contribution in [0.2, 0.25) is 0 Å². The predicted octanol–water partition coefficient (Wildman–Crippen LogP) is 4.36. The van der Waals surface area contributed by atoms with Crippen molar-refractivity contribution >= 4 is 11.4 Å². The van der Waals surface area contributed by atoms with Gasteiger partial charge < -0.3 is 29.0 Å². The van der Waals surface area contributed by atoms with Crippen LogP contribution in [0.5, 0.6) is 0 Å². The minimum atomic E-state index is 0.0790. The van der Waals surface area contributed by atoms with Crippen LogP contribution in [-0.4, -0.2) is 96.8 Å². The number of aliphatic hydroxyl groups excluding tert-OH is 2. The Bertz CT molecular complexity index is 1730. The van der Waals surface area contributed by atoms with Gasteiger partial charge in [-0.25, -0.2) is 0 Å². The van der Waals surface area contributed by atoms with Crippen LogP contribution in [-0.2, 0) is 10.8 Å². The van der Waals surface area contributed by atoms with Gasteiger partial charge in [-0.05, 0) is 45.6 Å². The molecule has 6 nitrogen and oxygen atoms in total. The Morgan fingerprint density at radius 1 is 0.696 bits per heavy atom. The highest BCUT2D eigenvalue weighted by Gasteiger charge is 2.74. The highest BCUT2D eigenvalue weighted by atomic mass is 16.3. The number of hydrogen-bond donors (Lipinski definition) is 2. The van der Waals surface area contributed by atoms with Gasteiger partial charge in [-0.2, -0.15) is 0 Å². The minimum Gasteiger partial charge on any atom is -0.392 e. The van der Waals surface area contributed by atoms with Crippen molar-refractivity contribution in [1.82, 2.24) is 0 Å². The summed E-state index contributed by atoms with van der Waals surface area (Å²) in [5.41, 5.74) is 12.1. The lowest BCUT2D eigenvalue weighted by Gasteiger charge is -2.58. The van der Waals surface area contributed by atoms with Crippen molar-refractivity contribution in [3.8, 4) is 0 Å². The largest absolute Gasteiger partial charge is 0.392 e. The summed E-state index contributed by atoms with van der Waals surface area (Å²) in [5, 5.41) is 20.6. The molecule has 2 aromatic rings. The lowest BCUT2D eigenvalue weighted by molar-refractivity contribution is -0.924. The molecule has 2 N–H and O–H groups in total. The number of rotatable bonds is 2. The fourth-order valence-corrected chi connectivity index (χ4v) is 13.8. The molecule has 2 aliphatic carbocycles. The van der Waals surface area contributed by atoms with Gasteiger partial charge in [0.2, 0.25) is 0 Å². The first-order valence-electron chi connectivity index (χ1n) is 17.8. The molecule has 11 rings (SSSR count). The fourth-order valence-electron chi connectivity index (χ4n) is 13.8. The molecule has 2 spiro atoms. The maximum Gasteiger partial charge on any atom is 0.102 e. The summed E-state index contributed by atoms with van der Waals surface area (Å²) in [6.07, 6.45) is 14.4. The van der Waals surface area contributed by atoms with Gasteiger partial charge in [0.1, 0.15) is 25.2 Å². The summed E-state index contributed by atoms with van der Waals surface area (Å²) < 4.78 is 2.18. The first kappa shape index (κ1) is 26.9. The van der Waals surface area contributed by atoms with Crippen molar-refractivity contribution < 1.29 is 19.2 Å². The maximum absolute atomic E-state index is 10.3. The normalized spacial score (nSPS) is 48.6. The van der Waals surface area contributed by atoms with Crippen LogP contribution < -0.4 is 9.80 Å². The summed E-state index contributed by atoms with van der Waals surface area (Å²) >= 11 is 0. The molecular formula is C40H46N4O2+2. The van der Waals surface area contributed by atoms with Crippen molar-refractivity contribution in [3.05, 3.63) is 107 Å². The number of hydrogen-bond acceptors (Lipinski definition) is 4. The predicted molar refractivity (Wildman–Crippen MR) is 180 cm³/mol. The Morgan fingerprint density at radius 3 is 1.57 bits per heavy atom. The first-order chi connectivity index (χ1) is 22.4. The highest BCUT2D eigenvalue weighted by molar-refractivity contribution is 5.77. The molecule has 0 amide bonds. The third kappa shape index (κ3) is 2.77. The zero-order valence-corrected chi connectivity index (χ0v) is 27.1. The second-order valence-electron chi connectivity index (χ2n) is 16.7. The van der Waals surface area contributed by atoms with E-state index in [0.717, 1.165) is 34.9 Å². The van der Waals surface area contributed by atoms with E-state index in [1.54, 1.807) is 22.3 Å². The van der Waals surface area contributed by atoms with E-state index in [1.807, 2.05) is 0 Å². The number of quaternary nitrogens is 2. The second-order valence-corrected chi connectivity index (χ2v) is 16.7. The Balaban J connectivity index is 1.24. The van der Waals surface area contributed by atoms with Crippen molar-refractivity contribution in [1.29, 1.82) is 0 Å². The average molecular weight is 615 g/mol. The van der Waals surface area contributed by atoms with Crippen LogP contribution in [0.1, 0.15) is 36.8 Å². The quantitative estimate of drug-likeness (QED) is 0.390. The summed E-state index contributed by atoms with van der Waals surface area (Å²) in [7, 11) is 5.01. The van der Waals surface area contributed by atoms with E-state index in [2.05, 4.69) is 97.0 Å². The fraction of sp³-hybridized carbons (Fsp3) is 0.500. The van der Waals surface area contributed by atoms with Gasteiger partial charge in [-0.1, -0.05) is 48.6 Å². The number of para-hydroxylation sites is 2. The van der Waals surface area contributed by atoms with Crippen molar-refractivity contribution in [2.45, 2.75) is 60.7 Å². The van der Waals surface area contributed by atoms with Gasteiger partial charge in [0, 0.05) is 61.3 Å². The van der Waals surface area contributed by atoms with Crippen LogP contribution >= 0.6 is 0 Å². The molecule has 7 aliphatic heterocycles. The molecule has 7 heterocycles. The van der Waals surface area contributed by atoms with Crippen molar-refractivity contribution in [2.75, 3.05) is 63.3 Å². The van der Waals surface area contributed by atoms with Gasteiger partial charge in [-0.15, -0.1) is 0 Å². The lowest BCUT2D eigenvalue weighted by Crippen LogP contribution is -2.68. The maximum atomic E-state index is 10.3. The monoisotopic (exact) mass is 614 g/mol. The average Bonchev–Trinajstić information content (AvgIpc) is 3.73. The standard InChI is InChI=1S/C40H46N4O2/c1-43-15-13-39-31-7-3-5-9-33(31)41-22-30-28-20-36-40(14-16-44(36,2)24-26(28)12-18-46)32-8-4-6-10-34(32)42(38(30)40)21-29(37(39)41)27(19-35(39)43)25(23-43)11-17-45/h3-12,21-22,27-28,35-38,45-46H,13-20,23-24H2,1-2H3/q+2/b25-11+,26-12+,29-21-,30-22-/t27-,28-,35+,36+,37+,38+,39-,40+,43?,44?/m1/s1. The summed E-state index contributed by atoms with van der Waals surface area (Å²) in [4.78, 5) is 5.55. The second kappa shape index (κ2) is 8.46. The number of benzene rings is 2. The van der Waals surface area contributed by atoms with Crippen LogP contribution in [0.3, 0.4) is 0 Å². The smallest absolute Gasteiger partial charge is 0.102 e. The van der Waals surface area contributed by atoms with Gasteiger partial charge in [0.15, 0.2) is 0 Å². The Kier molecular flexibility index (Phi) is 4.94. The van der Waals surface area contributed by atoms with E-state index in [9.17, 15) is 10.2 Å². The molecule has 2 saturated carbocycles. The van der Waals surface area contributed by atoms with E-state index >= 15 is 0 Å². The molecule has 2 aromatic carbocycles. The number of anilines is 2. The number of aliphatic hydroxyl groups is 2. The highest BCUT2D eigenvalue weighted by Crippen LogP contribution is 2.69. The molecule has 2 unspecified atom stereocenters. The number of nitrogens with zero attached hydrogens (tertiary/aromatic N) is 4. The molecule has 0 aromatic heterocycles. The molecule has 6 heteroatoms. The molecule has 4 saturated heterocycles. The van der Waals surface area contributed by atoms with Crippen molar-refractivity contribution in [2.24, 2.45) is 11.8 Å². The third-order valence-corrected chi connectivity index (χ3v) is 15.3. The summed E-state index contributed by atoms with van der Waals surface area (Å²) in [5.74, 6) is 0.709. The molecule has 6 fully saturated rings. The van der Waals surface area contributed by atoms with E-state index in [0.29, 0.717) is 23.9 Å². The zero-order chi connectivity index (χ0) is 30.8. The van der Waals surface area contributed by atoms with E-state index < -0.39 is 0 Å². The molecule has 46 heavy (non-hydrogen) atoms. The van der Waals surface area contributed by atoms with Gasteiger partial charge in [-0.3, -0.25) is 0 Å². The molecule has 10 atom stereocenters.